The average molecular weight is 323 g/mol. The Morgan fingerprint density at radius 2 is 2.05 bits per heavy atom. The van der Waals surface area contributed by atoms with Gasteiger partial charge in [0.1, 0.15) is 5.82 Å². The molecular formula is C16H18FNO3S. The maximum Gasteiger partial charge on any atom is 0.305 e. The van der Waals surface area contributed by atoms with Gasteiger partial charge in [-0.2, -0.15) is 0 Å². The molecule has 0 spiro atoms. The van der Waals surface area contributed by atoms with Gasteiger partial charge in [0.2, 0.25) is 0 Å². The molecule has 0 bridgehead atoms. The lowest BCUT2D eigenvalue weighted by Crippen LogP contribution is -2.35. The van der Waals surface area contributed by atoms with Crippen LogP contribution in [0.3, 0.4) is 0 Å². The fraction of sp³-hybridized carbons (Fsp3) is 0.375. The zero-order valence-electron chi connectivity index (χ0n) is 12.5. The molecule has 1 aromatic carbocycles. The number of hydrogen-bond donors (Lipinski definition) is 1. The van der Waals surface area contributed by atoms with Gasteiger partial charge < -0.3 is 10.0 Å². The summed E-state index contributed by atoms with van der Waals surface area (Å²) in [5.74, 6) is -1.23. The second kappa shape index (κ2) is 6.87. The van der Waals surface area contributed by atoms with Crippen molar-refractivity contribution in [2.24, 2.45) is 5.92 Å². The summed E-state index contributed by atoms with van der Waals surface area (Å²) in [6.45, 7) is 4.62. The first-order valence-electron chi connectivity index (χ1n) is 7.07. The van der Waals surface area contributed by atoms with E-state index < -0.39 is 5.97 Å². The molecule has 1 amide bonds. The van der Waals surface area contributed by atoms with Crippen LogP contribution in [0, 0.1) is 11.7 Å². The molecule has 0 saturated carbocycles. The molecule has 2 rings (SSSR count). The summed E-state index contributed by atoms with van der Waals surface area (Å²) in [5, 5.41) is 9.51. The monoisotopic (exact) mass is 323 g/mol. The Morgan fingerprint density at radius 1 is 1.32 bits per heavy atom. The Balaban J connectivity index is 2.24. The number of carboxylic acids is 1. The fourth-order valence-corrected chi connectivity index (χ4v) is 3.23. The van der Waals surface area contributed by atoms with E-state index >= 15 is 0 Å². The summed E-state index contributed by atoms with van der Waals surface area (Å²) in [6.07, 6.45) is -0.0853. The standard InChI is InChI=1S/C16H18FNO3S/c1-10(2)9-18(6-5-15(19)20)16(21)14-8-11-7-12(17)3-4-13(11)22-14/h3-4,7-8,10H,5-6,9H2,1-2H3,(H,19,20). The van der Waals surface area contributed by atoms with Crippen LogP contribution in [0.4, 0.5) is 4.39 Å². The molecule has 0 atom stereocenters. The molecule has 0 unspecified atom stereocenters. The van der Waals surface area contributed by atoms with Gasteiger partial charge in [0.25, 0.3) is 5.91 Å². The largest absolute Gasteiger partial charge is 0.481 e. The molecular weight excluding hydrogens is 305 g/mol. The lowest BCUT2D eigenvalue weighted by atomic mass is 10.2. The number of aliphatic carboxylic acids is 1. The van der Waals surface area contributed by atoms with Crippen molar-refractivity contribution in [2.45, 2.75) is 20.3 Å². The highest BCUT2D eigenvalue weighted by molar-refractivity contribution is 7.20. The molecule has 4 nitrogen and oxygen atoms in total. The summed E-state index contributed by atoms with van der Waals surface area (Å²) in [7, 11) is 0. The summed E-state index contributed by atoms with van der Waals surface area (Å²) in [5.41, 5.74) is 0. The summed E-state index contributed by atoms with van der Waals surface area (Å²) in [4.78, 5) is 25.4. The van der Waals surface area contributed by atoms with Crippen LogP contribution in [0.15, 0.2) is 24.3 Å². The number of nitrogens with zero attached hydrogens (tertiary/aromatic N) is 1. The number of fused-ring (bicyclic) bond motifs is 1. The topological polar surface area (TPSA) is 57.6 Å². The van der Waals surface area contributed by atoms with Crippen molar-refractivity contribution in [1.82, 2.24) is 4.90 Å². The van der Waals surface area contributed by atoms with E-state index in [9.17, 15) is 14.0 Å². The first-order chi connectivity index (χ1) is 10.4. The molecule has 0 aliphatic heterocycles. The predicted octanol–water partition coefficient (Wildman–Crippen LogP) is 3.61. The molecule has 0 saturated heterocycles. The summed E-state index contributed by atoms with van der Waals surface area (Å²) < 4.78 is 14.1. The highest BCUT2D eigenvalue weighted by Gasteiger charge is 2.20. The second-order valence-electron chi connectivity index (χ2n) is 5.58. The van der Waals surface area contributed by atoms with E-state index in [2.05, 4.69) is 0 Å². The average Bonchev–Trinajstić information content (AvgIpc) is 2.85. The first-order valence-corrected chi connectivity index (χ1v) is 7.88. The molecule has 22 heavy (non-hydrogen) atoms. The van der Waals surface area contributed by atoms with E-state index in [-0.39, 0.29) is 30.6 Å². The number of carbonyl (C=O) groups is 2. The van der Waals surface area contributed by atoms with Crippen LogP contribution in [-0.4, -0.2) is 35.0 Å². The molecule has 0 aliphatic rings. The maximum atomic E-state index is 13.2. The molecule has 1 N–H and O–H groups in total. The molecule has 0 aliphatic carbocycles. The first kappa shape index (κ1) is 16.4. The van der Waals surface area contributed by atoms with Crippen LogP contribution < -0.4 is 0 Å². The Kier molecular flexibility index (Phi) is 5.13. The molecule has 2 aromatic rings. The van der Waals surface area contributed by atoms with Gasteiger partial charge in [-0.3, -0.25) is 9.59 Å². The van der Waals surface area contributed by atoms with Crippen LogP contribution in [0.2, 0.25) is 0 Å². The van der Waals surface area contributed by atoms with E-state index in [1.54, 1.807) is 17.0 Å². The lowest BCUT2D eigenvalue weighted by molar-refractivity contribution is -0.137. The third kappa shape index (κ3) is 4.04. The van der Waals surface area contributed by atoms with Crippen molar-refractivity contribution in [3.8, 4) is 0 Å². The summed E-state index contributed by atoms with van der Waals surface area (Å²) >= 11 is 1.30. The number of amides is 1. The van der Waals surface area contributed by atoms with Gasteiger partial charge in [0.05, 0.1) is 11.3 Å². The van der Waals surface area contributed by atoms with Crippen LogP contribution in [0.25, 0.3) is 10.1 Å². The van der Waals surface area contributed by atoms with Crippen molar-refractivity contribution in [3.05, 3.63) is 35.0 Å². The fourth-order valence-electron chi connectivity index (χ4n) is 2.22. The Bertz CT molecular complexity index is 696. The number of carboxylic acid groups (broad SMARTS) is 1. The third-order valence-corrected chi connectivity index (χ3v) is 4.26. The number of hydrogen-bond acceptors (Lipinski definition) is 3. The highest BCUT2D eigenvalue weighted by atomic mass is 32.1. The van der Waals surface area contributed by atoms with E-state index in [4.69, 9.17) is 5.11 Å². The zero-order valence-corrected chi connectivity index (χ0v) is 13.3. The number of carbonyl (C=O) groups excluding carboxylic acids is 1. The minimum Gasteiger partial charge on any atom is -0.481 e. The normalized spacial score (nSPS) is 11.1. The van der Waals surface area contributed by atoms with Gasteiger partial charge in [-0.15, -0.1) is 11.3 Å². The molecule has 0 radical (unpaired) electrons. The van der Waals surface area contributed by atoms with E-state index in [1.807, 2.05) is 13.8 Å². The molecule has 118 valence electrons. The minimum absolute atomic E-state index is 0.0853. The van der Waals surface area contributed by atoms with Crippen molar-refractivity contribution >= 4 is 33.3 Å². The number of halogens is 1. The minimum atomic E-state index is -0.931. The van der Waals surface area contributed by atoms with Crippen molar-refractivity contribution in [1.29, 1.82) is 0 Å². The number of rotatable bonds is 6. The van der Waals surface area contributed by atoms with Crippen LogP contribution in [0.1, 0.15) is 29.9 Å². The van der Waals surface area contributed by atoms with Crippen LogP contribution in [-0.2, 0) is 4.79 Å². The third-order valence-electron chi connectivity index (χ3n) is 3.16. The number of benzene rings is 1. The molecule has 6 heteroatoms. The van der Waals surface area contributed by atoms with Gasteiger partial charge in [-0.05, 0) is 35.6 Å². The van der Waals surface area contributed by atoms with E-state index in [1.165, 1.54) is 23.5 Å². The smallest absolute Gasteiger partial charge is 0.305 e. The predicted molar refractivity (Wildman–Crippen MR) is 84.8 cm³/mol. The van der Waals surface area contributed by atoms with Gasteiger partial charge >= 0.3 is 5.97 Å². The van der Waals surface area contributed by atoms with Crippen LogP contribution >= 0.6 is 11.3 Å². The van der Waals surface area contributed by atoms with Gasteiger partial charge in [-0.1, -0.05) is 13.8 Å². The van der Waals surface area contributed by atoms with E-state index in [0.29, 0.717) is 16.8 Å². The SMILES string of the molecule is CC(C)CN(CCC(=O)O)C(=O)c1cc2cc(F)ccc2s1. The van der Waals surface area contributed by atoms with Crippen molar-refractivity contribution in [3.63, 3.8) is 0 Å². The van der Waals surface area contributed by atoms with Gasteiger partial charge in [0.15, 0.2) is 0 Å². The van der Waals surface area contributed by atoms with Crippen molar-refractivity contribution in [2.75, 3.05) is 13.1 Å². The zero-order chi connectivity index (χ0) is 16.3. The molecule has 1 heterocycles. The second-order valence-corrected chi connectivity index (χ2v) is 6.67. The molecule has 0 fully saturated rings. The summed E-state index contributed by atoms with van der Waals surface area (Å²) in [6, 6.07) is 6.08. The van der Waals surface area contributed by atoms with E-state index in [0.717, 1.165) is 4.70 Å². The Labute approximate surface area is 132 Å². The Hall–Kier alpha value is -1.95. The molecule has 1 aromatic heterocycles. The quantitative estimate of drug-likeness (QED) is 0.883. The van der Waals surface area contributed by atoms with Crippen LogP contribution in [0.5, 0.6) is 0 Å². The lowest BCUT2D eigenvalue weighted by Gasteiger charge is -2.23. The van der Waals surface area contributed by atoms with Crippen molar-refractivity contribution < 1.29 is 19.1 Å². The maximum absolute atomic E-state index is 13.2. The Morgan fingerprint density at radius 3 is 2.68 bits per heavy atom. The van der Waals surface area contributed by atoms with Gasteiger partial charge in [-0.25, -0.2) is 4.39 Å². The highest BCUT2D eigenvalue weighted by Crippen LogP contribution is 2.27. The number of thiophene rings is 1. The van der Waals surface area contributed by atoms with Gasteiger partial charge in [0, 0.05) is 17.8 Å².